The van der Waals surface area contributed by atoms with E-state index in [1.54, 1.807) is 32.1 Å². The maximum Gasteiger partial charge on any atom is 0.523 e. The van der Waals surface area contributed by atoms with Gasteiger partial charge in [0.25, 0.3) is 0 Å². The average Bonchev–Trinajstić information content (AvgIpc) is 2.38. The molecule has 0 unspecified atom stereocenters. The SMILES string of the molecule is C/C=C\C(C#CCCOS(=O)(=O)C(F)(F)F)=C/C.CC. The monoisotopic (exact) mass is 312 g/mol. The molecule has 0 aromatic carbocycles. The van der Waals surface area contributed by atoms with Crippen molar-refractivity contribution in [1.82, 2.24) is 0 Å². The van der Waals surface area contributed by atoms with Crippen LogP contribution in [0.3, 0.4) is 0 Å². The van der Waals surface area contributed by atoms with E-state index in [0.29, 0.717) is 5.57 Å². The lowest BCUT2D eigenvalue weighted by Crippen LogP contribution is -2.25. The largest absolute Gasteiger partial charge is 0.523 e. The standard InChI is InChI=1S/C11H13F3O3S.C2H6/c1-3-7-10(4-2)8-5-6-9-17-18(15,16)11(12,13)14;1-2/h3-4,7H,6,9H2,1-2H3;1-2H3/b7-3-,10-4+;. The Balaban J connectivity index is 0. The van der Waals surface area contributed by atoms with Gasteiger partial charge in [0.15, 0.2) is 0 Å². The van der Waals surface area contributed by atoms with Gasteiger partial charge in [0.2, 0.25) is 0 Å². The smallest absolute Gasteiger partial charge is 0.262 e. The third-order valence-corrected chi connectivity index (χ3v) is 2.68. The van der Waals surface area contributed by atoms with Crippen LogP contribution in [-0.4, -0.2) is 20.5 Å². The minimum Gasteiger partial charge on any atom is -0.262 e. The van der Waals surface area contributed by atoms with Crippen molar-refractivity contribution in [2.45, 2.75) is 39.6 Å². The molecule has 0 aliphatic heterocycles. The van der Waals surface area contributed by atoms with Crippen LogP contribution in [0, 0.1) is 11.8 Å². The van der Waals surface area contributed by atoms with E-state index in [-0.39, 0.29) is 6.42 Å². The van der Waals surface area contributed by atoms with Gasteiger partial charge >= 0.3 is 15.6 Å². The Labute approximate surface area is 118 Å². The van der Waals surface area contributed by atoms with Crippen LogP contribution in [0.5, 0.6) is 0 Å². The summed E-state index contributed by atoms with van der Waals surface area (Å²) >= 11 is 0. The highest BCUT2D eigenvalue weighted by atomic mass is 32.2. The molecule has 7 heteroatoms. The van der Waals surface area contributed by atoms with E-state index in [1.165, 1.54) is 0 Å². The third kappa shape index (κ3) is 8.77. The van der Waals surface area contributed by atoms with E-state index in [2.05, 4.69) is 16.0 Å². The molecule has 0 aromatic rings. The number of rotatable bonds is 4. The molecular formula is C13H19F3O3S. The van der Waals surface area contributed by atoms with E-state index < -0.39 is 22.2 Å². The lowest BCUT2D eigenvalue weighted by Gasteiger charge is -2.06. The first kappa shape index (κ1) is 21.0. The average molecular weight is 312 g/mol. The van der Waals surface area contributed by atoms with Crippen molar-refractivity contribution in [3.63, 3.8) is 0 Å². The van der Waals surface area contributed by atoms with Crippen molar-refractivity contribution in [3.05, 3.63) is 23.8 Å². The van der Waals surface area contributed by atoms with Gasteiger partial charge in [0.1, 0.15) is 0 Å². The molecule has 0 aromatic heterocycles. The Morgan fingerprint density at radius 2 is 1.80 bits per heavy atom. The minimum absolute atomic E-state index is 0.107. The van der Waals surface area contributed by atoms with Crippen molar-refractivity contribution in [1.29, 1.82) is 0 Å². The normalized spacial score (nSPS) is 12.4. The molecule has 0 radical (unpaired) electrons. The van der Waals surface area contributed by atoms with Crippen molar-refractivity contribution in [2.75, 3.05) is 6.61 Å². The summed E-state index contributed by atoms with van der Waals surface area (Å²) in [6.07, 6.45) is 5.10. The zero-order chi connectivity index (χ0) is 16.2. The van der Waals surface area contributed by atoms with Crippen LogP contribution < -0.4 is 0 Å². The van der Waals surface area contributed by atoms with Crippen LogP contribution in [0.25, 0.3) is 0 Å². The summed E-state index contributed by atoms with van der Waals surface area (Å²) in [6.45, 7) is 6.93. The van der Waals surface area contributed by atoms with Crippen LogP contribution >= 0.6 is 0 Å². The first-order chi connectivity index (χ1) is 9.24. The molecule has 3 nitrogen and oxygen atoms in total. The zero-order valence-corrected chi connectivity index (χ0v) is 12.7. The number of alkyl halides is 3. The summed E-state index contributed by atoms with van der Waals surface area (Å²) in [5, 5.41) is 0. The van der Waals surface area contributed by atoms with Gasteiger partial charge in [-0.05, 0) is 13.8 Å². The Bertz CT molecular complexity index is 477. The molecule has 0 aliphatic carbocycles. The van der Waals surface area contributed by atoms with Crippen molar-refractivity contribution < 1.29 is 25.8 Å². The summed E-state index contributed by atoms with van der Waals surface area (Å²) in [4.78, 5) is 0. The van der Waals surface area contributed by atoms with Gasteiger partial charge in [-0.3, -0.25) is 4.18 Å². The van der Waals surface area contributed by atoms with Crippen molar-refractivity contribution >= 4 is 10.1 Å². The van der Waals surface area contributed by atoms with Gasteiger partial charge < -0.3 is 0 Å². The first-order valence-corrected chi connectivity index (χ1v) is 7.39. The fourth-order valence-electron chi connectivity index (χ4n) is 0.823. The molecule has 0 saturated heterocycles. The maximum atomic E-state index is 11.9. The Hall–Kier alpha value is -1.26. The van der Waals surface area contributed by atoms with Crippen LogP contribution in [0.4, 0.5) is 13.2 Å². The molecule has 0 aliphatic rings. The molecule has 0 bridgehead atoms. The van der Waals surface area contributed by atoms with E-state index in [1.807, 2.05) is 13.8 Å². The Morgan fingerprint density at radius 1 is 1.25 bits per heavy atom. The van der Waals surface area contributed by atoms with E-state index >= 15 is 0 Å². The minimum atomic E-state index is -5.51. The molecule has 0 saturated carbocycles. The van der Waals surface area contributed by atoms with Gasteiger partial charge in [-0.15, -0.1) is 0 Å². The predicted octanol–water partition coefficient (Wildman–Crippen LogP) is 3.79. The maximum absolute atomic E-state index is 11.9. The summed E-state index contributed by atoms with van der Waals surface area (Å²) < 4.78 is 60.3. The van der Waals surface area contributed by atoms with Crippen LogP contribution in [0.15, 0.2) is 23.8 Å². The molecule has 116 valence electrons. The molecular weight excluding hydrogens is 293 g/mol. The molecule has 0 rings (SSSR count). The van der Waals surface area contributed by atoms with Crippen LogP contribution in [0.1, 0.15) is 34.1 Å². The molecule has 0 fully saturated rings. The first-order valence-electron chi connectivity index (χ1n) is 5.98. The Morgan fingerprint density at radius 3 is 2.20 bits per heavy atom. The molecule has 0 N–H and O–H groups in total. The van der Waals surface area contributed by atoms with Crippen LogP contribution in [0.2, 0.25) is 0 Å². The summed E-state index contributed by atoms with van der Waals surface area (Å²) in [7, 11) is -5.51. The van der Waals surface area contributed by atoms with Gasteiger partial charge in [0.05, 0.1) is 6.61 Å². The quantitative estimate of drug-likeness (QED) is 0.261. The molecule has 0 spiro atoms. The highest BCUT2D eigenvalue weighted by Crippen LogP contribution is 2.24. The number of halogens is 3. The van der Waals surface area contributed by atoms with Gasteiger partial charge in [-0.25, -0.2) is 0 Å². The fourth-order valence-corrected chi connectivity index (χ4v) is 1.26. The van der Waals surface area contributed by atoms with E-state index in [9.17, 15) is 21.6 Å². The second-order valence-corrected chi connectivity index (χ2v) is 4.62. The van der Waals surface area contributed by atoms with Crippen LogP contribution in [-0.2, 0) is 14.3 Å². The van der Waals surface area contributed by atoms with Gasteiger partial charge in [-0.2, -0.15) is 21.6 Å². The highest BCUT2D eigenvalue weighted by Gasteiger charge is 2.47. The summed E-state index contributed by atoms with van der Waals surface area (Å²) in [5.41, 5.74) is -4.70. The zero-order valence-electron chi connectivity index (χ0n) is 11.9. The number of allylic oxidation sites excluding steroid dienone is 4. The molecule has 20 heavy (non-hydrogen) atoms. The predicted molar refractivity (Wildman–Crippen MR) is 73.2 cm³/mol. The summed E-state index contributed by atoms with van der Waals surface area (Å²) in [5.74, 6) is 5.18. The highest BCUT2D eigenvalue weighted by molar-refractivity contribution is 7.87. The third-order valence-electron chi connectivity index (χ3n) is 1.64. The number of hydrogen-bond donors (Lipinski definition) is 0. The molecule has 0 amide bonds. The topological polar surface area (TPSA) is 43.4 Å². The Kier molecular flexibility index (Phi) is 11.1. The number of hydrogen-bond acceptors (Lipinski definition) is 3. The second kappa shape index (κ2) is 10.5. The van der Waals surface area contributed by atoms with Crippen molar-refractivity contribution in [2.24, 2.45) is 0 Å². The van der Waals surface area contributed by atoms with E-state index in [0.717, 1.165) is 0 Å². The van der Waals surface area contributed by atoms with E-state index in [4.69, 9.17) is 0 Å². The summed E-state index contributed by atoms with van der Waals surface area (Å²) in [6, 6.07) is 0. The fraction of sp³-hybridized carbons (Fsp3) is 0.538. The molecule has 0 heterocycles. The lowest BCUT2D eigenvalue weighted by molar-refractivity contribution is -0.0540. The van der Waals surface area contributed by atoms with Crippen molar-refractivity contribution in [3.8, 4) is 11.8 Å². The van der Waals surface area contributed by atoms with Gasteiger partial charge in [0, 0.05) is 12.0 Å². The lowest BCUT2D eigenvalue weighted by atomic mass is 10.2. The van der Waals surface area contributed by atoms with Gasteiger partial charge in [-0.1, -0.05) is 43.9 Å². The second-order valence-electron chi connectivity index (χ2n) is 3.02. The molecule has 0 atom stereocenters.